The molecule has 1 aliphatic heterocycles. The first-order chi connectivity index (χ1) is 10.4. The van der Waals surface area contributed by atoms with Gasteiger partial charge in [-0.2, -0.15) is 0 Å². The van der Waals surface area contributed by atoms with Crippen LogP contribution in [0, 0.1) is 0 Å². The Kier molecular flexibility index (Phi) is 3.52. The van der Waals surface area contributed by atoms with Gasteiger partial charge in [-0.25, -0.2) is 0 Å². The lowest BCUT2D eigenvalue weighted by Crippen LogP contribution is -2.49. The van der Waals surface area contributed by atoms with Gasteiger partial charge in [-0.05, 0) is 25.0 Å². The number of para-hydroxylation sites is 1. The van der Waals surface area contributed by atoms with Crippen molar-refractivity contribution in [2.75, 3.05) is 31.1 Å². The van der Waals surface area contributed by atoms with Gasteiger partial charge in [0.15, 0.2) is 0 Å². The fraction of sp³-hybridized carbons (Fsp3) is 0.500. The van der Waals surface area contributed by atoms with Crippen LogP contribution in [0.5, 0.6) is 0 Å². The molecule has 110 valence electrons. The number of hydrogen-bond donors (Lipinski definition) is 0. The van der Waals surface area contributed by atoms with Crippen molar-refractivity contribution in [1.29, 1.82) is 0 Å². The molecule has 0 spiro atoms. The van der Waals surface area contributed by atoms with Crippen LogP contribution in [0.4, 0.5) is 5.69 Å². The zero-order chi connectivity index (χ0) is 14.1. The lowest BCUT2D eigenvalue weighted by Gasteiger charge is -2.39. The predicted molar refractivity (Wildman–Crippen MR) is 87.8 cm³/mol. The maximum absolute atomic E-state index is 4.60. The van der Waals surface area contributed by atoms with E-state index < -0.39 is 0 Å². The topological polar surface area (TPSA) is 19.4 Å². The number of pyridine rings is 1. The van der Waals surface area contributed by atoms with E-state index in [0.717, 1.165) is 24.6 Å². The summed E-state index contributed by atoms with van der Waals surface area (Å²) in [5.74, 6) is 0. The monoisotopic (exact) mass is 281 g/mol. The van der Waals surface area contributed by atoms with Gasteiger partial charge in [-0.1, -0.05) is 31.0 Å². The number of nitrogens with zero attached hydrogens (tertiary/aromatic N) is 3. The van der Waals surface area contributed by atoms with Crippen molar-refractivity contribution in [3.63, 3.8) is 0 Å². The molecule has 3 nitrogen and oxygen atoms in total. The van der Waals surface area contributed by atoms with Crippen molar-refractivity contribution < 1.29 is 0 Å². The average Bonchev–Trinajstić information content (AvgIpc) is 3.09. The molecule has 2 heterocycles. The number of benzene rings is 1. The molecule has 0 N–H and O–H groups in total. The van der Waals surface area contributed by atoms with E-state index in [1.54, 1.807) is 0 Å². The summed E-state index contributed by atoms with van der Waals surface area (Å²) in [6.07, 6.45) is 7.59. The minimum absolute atomic E-state index is 0.859. The van der Waals surface area contributed by atoms with E-state index in [1.165, 1.54) is 49.8 Å². The molecule has 1 aromatic carbocycles. The summed E-state index contributed by atoms with van der Waals surface area (Å²) >= 11 is 0. The smallest absolute Gasteiger partial charge is 0.0935 e. The zero-order valence-electron chi connectivity index (χ0n) is 12.5. The zero-order valence-corrected chi connectivity index (χ0v) is 12.5. The largest absolute Gasteiger partial charge is 0.367 e. The van der Waals surface area contributed by atoms with E-state index >= 15 is 0 Å². The molecule has 1 aromatic heterocycles. The molecule has 0 unspecified atom stereocenters. The van der Waals surface area contributed by atoms with Crippen molar-refractivity contribution >= 4 is 16.6 Å². The number of rotatable bonds is 2. The molecule has 0 bridgehead atoms. The molecule has 2 fully saturated rings. The molecule has 4 rings (SSSR count). The highest BCUT2D eigenvalue weighted by molar-refractivity contribution is 5.90. The van der Waals surface area contributed by atoms with Crippen LogP contribution in [0.15, 0.2) is 36.5 Å². The SMILES string of the molecule is c1cnc2c(N3CCN(C4CCCC4)CC3)cccc2c1. The van der Waals surface area contributed by atoms with E-state index in [0.29, 0.717) is 0 Å². The molecule has 2 aromatic rings. The first-order valence-electron chi connectivity index (χ1n) is 8.24. The summed E-state index contributed by atoms with van der Waals surface area (Å²) in [6, 6.07) is 11.6. The van der Waals surface area contributed by atoms with Gasteiger partial charge in [-0.15, -0.1) is 0 Å². The van der Waals surface area contributed by atoms with Crippen LogP contribution in [-0.4, -0.2) is 42.1 Å². The fourth-order valence-electron chi connectivity index (χ4n) is 3.94. The second-order valence-corrected chi connectivity index (χ2v) is 6.31. The predicted octanol–water partition coefficient (Wildman–Crippen LogP) is 3.30. The lowest BCUT2D eigenvalue weighted by atomic mass is 10.1. The van der Waals surface area contributed by atoms with Crippen LogP contribution in [0.3, 0.4) is 0 Å². The maximum atomic E-state index is 4.60. The Labute approximate surface area is 126 Å². The third-order valence-corrected chi connectivity index (χ3v) is 5.11. The molecule has 0 atom stereocenters. The van der Waals surface area contributed by atoms with Gasteiger partial charge in [-0.3, -0.25) is 9.88 Å². The van der Waals surface area contributed by atoms with Gasteiger partial charge in [0, 0.05) is 43.8 Å². The Morgan fingerprint density at radius 3 is 2.48 bits per heavy atom. The number of aromatic nitrogens is 1. The van der Waals surface area contributed by atoms with Crippen LogP contribution in [0.25, 0.3) is 10.9 Å². The van der Waals surface area contributed by atoms with Gasteiger partial charge < -0.3 is 4.90 Å². The van der Waals surface area contributed by atoms with Crippen LogP contribution in [-0.2, 0) is 0 Å². The molecule has 1 saturated heterocycles. The number of fused-ring (bicyclic) bond motifs is 1. The summed E-state index contributed by atoms with van der Waals surface area (Å²) in [5, 5.41) is 1.24. The summed E-state index contributed by atoms with van der Waals surface area (Å²) in [4.78, 5) is 9.82. The average molecular weight is 281 g/mol. The van der Waals surface area contributed by atoms with Gasteiger partial charge in [0.25, 0.3) is 0 Å². The molecule has 0 radical (unpaired) electrons. The molecular formula is C18H23N3. The number of piperazine rings is 1. The Hall–Kier alpha value is -1.61. The van der Waals surface area contributed by atoms with Crippen molar-refractivity contribution in [3.05, 3.63) is 36.5 Å². The van der Waals surface area contributed by atoms with Crippen molar-refractivity contribution in [3.8, 4) is 0 Å². The molecule has 0 amide bonds. The van der Waals surface area contributed by atoms with Crippen LogP contribution in [0.2, 0.25) is 0 Å². The van der Waals surface area contributed by atoms with Crippen molar-refractivity contribution in [2.24, 2.45) is 0 Å². The lowest BCUT2D eigenvalue weighted by molar-refractivity contribution is 0.187. The highest BCUT2D eigenvalue weighted by atomic mass is 15.3. The quantitative estimate of drug-likeness (QED) is 0.842. The molecule has 1 saturated carbocycles. The van der Waals surface area contributed by atoms with E-state index in [-0.39, 0.29) is 0 Å². The summed E-state index contributed by atoms with van der Waals surface area (Å²) in [5.41, 5.74) is 2.45. The minimum atomic E-state index is 0.859. The third kappa shape index (κ3) is 2.51. The number of hydrogen-bond acceptors (Lipinski definition) is 3. The molecule has 21 heavy (non-hydrogen) atoms. The second-order valence-electron chi connectivity index (χ2n) is 6.31. The van der Waals surface area contributed by atoms with Gasteiger partial charge in [0.2, 0.25) is 0 Å². The van der Waals surface area contributed by atoms with E-state index in [1.807, 2.05) is 12.3 Å². The Morgan fingerprint density at radius 2 is 1.67 bits per heavy atom. The highest BCUT2D eigenvalue weighted by Gasteiger charge is 2.26. The van der Waals surface area contributed by atoms with E-state index in [9.17, 15) is 0 Å². The first kappa shape index (κ1) is 13.1. The van der Waals surface area contributed by atoms with Crippen LogP contribution in [0.1, 0.15) is 25.7 Å². The van der Waals surface area contributed by atoms with E-state index in [4.69, 9.17) is 0 Å². The van der Waals surface area contributed by atoms with Crippen LogP contribution < -0.4 is 4.90 Å². The highest BCUT2D eigenvalue weighted by Crippen LogP contribution is 2.28. The van der Waals surface area contributed by atoms with Gasteiger partial charge in [0.05, 0.1) is 11.2 Å². The Morgan fingerprint density at radius 1 is 0.905 bits per heavy atom. The first-order valence-corrected chi connectivity index (χ1v) is 8.24. The molecule has 1 aliphatic carbocycles. The molecule has 2 aliphatic rings. The molecule has 3 heteroatoms. The normalized spacial score (nSPS) is 21.2. The second kappa shape index (κ2) is 5.64. The van der Waals surface area contributed by atoms with E-state index in [2.05, 4.69) is 39.0 Å². The minimum Gasteiger partial charge on any atom is -0.367 e. The van der Waals surface area contributed by atoms with Crippen molar-refractivity contribution in [2.45, 2.75) is 31.7 Å². The van der Waals surface area contributed by atoms with Gasteiger partial charge in [0.1, 0.15) is 0 Å². The maximum Gasteiger partial charge on any atom is 0.0935 e. The number of anilines is 1. The Bertz CT molecular complexity index is 605. The van der Waals surface area contributed by atoms with Crippen molar-refractivity contribution in [1.82, 2.24) is 9.88 Å². The molecular weight excluding hydrogens is 258 g/mol. The summed E-state index contributed by atoms with van der Waals surface area (Å²) < 4.78 is 0. The van der Waals surface area contributed by atoms with Gasteiger partial charge >= 0.3 is 0 Å². The Balaban J connectivity index is 1.52. The summed E-state index contributed by atoms with van der Waals surface area (Å²) in [6.45, 7) is 4.67. The standard InChI is InChI=1S/C18H23N3/c1-2-8-16(7-1)20-11-13-21(14-12-20)17-9-3-5-15-6-4-10-19-18(15)17/h3-6,9-10,16H,1-2,7-8,11-14H2. The summed E-state index contributed by atoms with van der Waals surface area (Å²) in [7, 11) is 0. The van der Waals surface area contributed by atoms with Crippen LogP contribution >= 0.6 is 0 Å². The fourth-order valence-corrected chi connectivity index (χ4v) is 3.94. The third-order valence-electron chi connectivity index (χ3n) is 5.11.